The molecule has 4 N–H and O–H groups in total. The first-order chi connectivity index (χ1) is 10.0. The summed E-state index contributed by atoms with van der Waals surface area (Å²) in [4.78, 5) is 23.8. The minimum Gasteiger partial charge on any atom is -0.479 e. The van der Waals surface area contributed by atoms with Crippen LogP contribution in [0.15, 0.2) is 0 Å². The summed E-state index contributed by atoms with van der Waals surface area (Å²) in [7, 11) is 0. The molecule has 6 heteroatoms. The molecule has 0 bridgehead atoms. The first-order valence-corrected chi connectivity index (χ1v) is 7.90. The van der Waals surface area contributed by atoms with Gasteiger partial charge in [-0.15, -0.1) is 0 Å². The largest absolute Gasteiger partial charge is 0.479 e. The van der Waals surface area contributed by atoms with Gasteiger partial charge in [0, 0.05) is 0 Å². The summed E-state index contributed by atoms with van der Waals surface area (Å²) in [6.45, 7) is 5.02. The summed E-state index contributed by atoms with van der Waals surface area (Å²) < 4.78 is 5.19. The number of carbonyl (C=O) groups is 2. The molecule has 124 valence electrons. The molecule has 1 atom stereocenters. The Kier molecular flexibility index (Phi) is 10.9. The van der Waals surface area contributed by atoms with Crippen LogP contribution in [0.1, 0.15) is 58.8 Å². The number of unbranched alkanes of at least 4 members (excludes halogenated alkanes) is 4. The van der Waals surface area contributed by atoms with Crippen molar-refractivity contribution in [2.45, 2.75) is 64.3 Å². The Labute approximate surface area is 127 Å². The van der Waals surface area contributed by atoms with Crippen molar-refractivity contribution in [2.24, 2.45) is 5.73 Å². The molecular formula is C15H30N2O4. The van der Waals surface area contributed by atoms with E-state index in [0.29, 0.717) is 25.9 Å². The lowest BCUT2D eigenvalue weighted by molar-refractivity contribution is -0.164. The molecule has 0 aliphatic carbocycles. The van der Waals surface area contributed by atoms with Crippen molar-refractivity contribution in [2.75, 3.05) is 19.7 Å². The quantitative estimate of drug-likeness (QED) is 0.272. The van der Waals surface area contributed by atoms with Crippen LogP contribution in [-0.4, -0.2) is 42.3 Å². The van der Waals surface area contributed by atoms with Gasteiger partial charge in [-0.05, 0) is 38.8 Å². The Morgan fingerprint density at radius 3 is 2.38 bits per heavy atom. The van der Waals surface area contributed by atoms with Crippen LogP contribution in [0.2, 0.25) is 0 Å². The van der Waals surface area contributed by atoms with E-state index in [2.05, 4.69) is 12.2 Å². The molecule has 0 spiro atoms. The third kappa shape index (κ3) is 6.91. The lowest BCUT2D eigenvalue weighted by Gasteiger charge is -2.28. The number of esters is 1. The SMILES string of the molecule is CCCCCCOC(=O)[C@@](CCCCN)(NCC)C(=O)O. The van der Waals surface area contributed by atoms with Crippen molar-refractivity contribution < 1.29 is 19.4 Å². The zero-order valence-corrected chi connectivity index (χ0v) is 13.3. The highest BCUT2D eigenvalue weighted by molar-refractivity contribution is 6.04. The summed E-state index contributed by atoms with van der Waals surface area (Å²) in [5, 5.41) is 12.3. The van der Waals surface area contributed by atoms with Gasteiger partial charge >= 0.3 is 11.9 Å². The van der Waals surface area contributed by atoms with E-state index >= 15 is 0 Å². The van der Waals surface area contributed by atoms with Crippen LogP contribution >= 0.6 is 0 Å². The average Bonchev–Trinajstić information content (AvgIpc) is 2.45. The van der Waals surface area contributed by atoms with E-state index in [-0.39, 0.29) is 13.0 Å². The third-order valence-electron chi connectivity index (χ3n) is 3.43. The standard InChI is InChI=1S/C15H30N2O4/c1-3-5-6-9-12-21-14(20)15(13(18)19,17-4-2)10-7-8-11-16/h17H,3-12,16H2,1-2H3,(H,18,19)/t15-/m0/s1. The number of nitrogens with one attached hydrogen (secondary N) is 1. The summed E-state index contributed by atoms with van der Waals surface area (Å²) in [5.41, 5.74) is 3.78. The molecule has 0 unspecified atom stereocenters. The van der Waals surface area contributed by atoms with Gasteiger partial charge in [-0.3, -0.25) is 5.32 Å². The zero-order valence-electron chi connectivity index (χ0n) is 13.3. The van der Waals surface area contributed by atoms with Crippen molar-refractivity contribution in [3.63, 3.8) is 0 Å². The number of hydrogen-bond donors (Lipinski definition) is 3. The predicted octanol–water partition coefficient (Wildman–Crippen LogP) is 1.67. The maximum absolute atomic E-state index is 12.2. The van der Waals surface area contributed by atoms with Crippen LogP contribution in [-0.2, 0) is 14.3 Å². The zero-order chi connectivity index (χ0) is 16.1. The van der Waals surface area contributed by atoms with Gasteiger partial charge < -0.3 is 15.6 Å². The topological polar surface area (TPSA) is 102 Å². The first kappa shape index (κ1) is 19.9. The van der Waals surface area contributed by atoms with Gasteiger partial charge in [0.1, 0.15) is 0 Å². The summed E-state index contributed by atoms with van der Waals surface area (Å²) in [5.74, 6) is -1.87. The number of hydrogen-bond acceptors (Lipinski definition) is 5. The van der Waals surface area contributed by atoms with Crippen molar-refractivity contribution >= 4 is 11.9 Å². The minimum absolute atomic E-state index is 0.196. The van der Waals surface area contributed by atoms with Gasteiger partial charge in [0.05, 0.1) is 6.61 Å². The van der Waals surface area contributed by atoms with Crippen LogP contribution < -0.4 is 11.1 Å². The maximum atomic E-state index is 12.2. The smallest absolute Gasteiger partial charge is 0.338 e. The van der Waals surface area contributed by atoms with Crippen LogP contribution in [0.3, 0.4) is 0 Å². The summed E-state index contributed by atoms with van der Waals surface area (Å²) >= 11 is 0. The predicted molar refractivity (Wildman–Crippen MR) is 82.0 cm³/mol. The second-order valence-electron chi connectivity index (χ2n) is 5.18. The fourth-order valence-electron chi connectivity index (χ4n) is 2.19. The summed E-state index contributed by atoms with van der Waals surface area (Å²) in [6, 6.07) is 0. The minimum atomic E-state index is -1.64. The number of carboxylic acids is 1. The van der Waals surface area contributed by atoms with Crippen LogP contribution in [0.5, 0.6) is 0 Å². The van der Waals surface area contributed by atoms with Crippen LogP contribution in [0, 0.1) is 0 Å². The Balaban J connectivity index is 4.60. The molecule has 6 nitrogen and oxygen atoms in total. The second-order valence-corrected chi connectivity index (χ2v) is 5.18. The van der Waals surface area contributed by atoms with E-state index in [9.17, 15) is 14.7 Å². The second kappa shape index (κ2) is 11.5. The molecule has 0 rings (SSSR count). The van der Waals surface area contributed by atoms with Gasteiger partial charge in [0.15, 0.2) is 0 Å². The number of aliphatic carboxylic acids is 1. The third-order valence-corrected chi connectivity index (χ3v) is 3.43. The number of carbonyl (C=O) groups excluding carboxylic acids is 1. The Morgan fingerprint density at radius 1 is 1.14 bits per heavy atom. The van der Waals surface area contributed by atoms with Crippen molar-refractivity contribution in [1.82, 2.24) is 5.32 Å². The Bertz CT molecular complexity index is 310. The number of nitrogens with two attached hydrogens (primary N) is 1. The molecule has 0 aliphatic heterocycles. The molecule has 21 heavy (non-hydrogen) atoms. The highest BCUT2D eigenvalue weighted by Crippen LogP contribution is 2.18. The molecule has 0 aromatic carbocycles. The highest BCUT2D eigenvalue weighted by Gasteiger charge is 2.46. The van der Waals surface area contributed by atoms with E-state index in [1.165, 1.54) is 0 Å². The number of carboxylic acid groups (broad SMARTS) is 1. The van der Waals surface area contributed by atoms with Gasteiger partial charge in [-0.2, -0.15) is 0 Å². The molecule has 0 saturated carbocycles. The number of ether oxygens (including phenoxy) is 1. The van der Waals surface area contributed by atoms with Gasteiger partial charge in [-0.25, -0.2) is 9.59 Å². The van der Waals surface area contributed by atoms with Gasteiger partial charge in [0.25, 0.3) is 0 Å². The lowest BCUT2D eigenvalue weighted by Crippen LogP contribution is -2.59. The first-order valence-electron chi connectivity index (χ1n) is 7.90. The van der Waals surface area contributed by atoms with Crippen molar-refractivity contribution in [3.8, 4) is 0 Å². The van der Waals surface area contributed by atoms with Crippen molar-refractivity contribution in [1.29, 1.82) is 0 Å². The Hall–Kier alpha value is -1.14. The van der Waals surface area contributed by atoms with E-state index < -0.39 is 17.5 Å². The fraction of sp³-hybridized carbons (Fsp3) is 0.867. The van der Waals surface area contributed by atoms with E-state index in [0.717, 1.165) is 25.7 Å². The van der Waals surface area contributed by atoms with Gasteiger partial charge in [-0.1, -0.05) is 33.1 Å². The Morgan fingerprint density at radius 2 is 1.86 bits per heavy atom. The molecule has 0 radical (unpaired) electrons. The van der Waals surface area contributed by atoms with Gasteiger partial charge in [0.2, 0.25) is 5.54 Å². The molecule has 0 saturated heterocycles. The lowest BCUT2D eigenvalue weighted by atomic mass is 9.92. The molecule has 0 heterocycles. The van der Waals surface area contributed by atoms with Crippen LogP contribution in [0.25, 0.3) is 0 Å². The van der Waals surface area contributed by atoms with Crippen molar-refractivity contribution in [3.05, 3.63) is 0 Å². The van der Waals surface area contributed by atoms with E-state index in [4.69, 9.17) is 10.5 Å². The van der Waals surface area contributed by atoms with E-state index in [1.54, 1.807) is 6.92 Å². The molecule has 0 aromatic heterocycles. The highest BCUT2D eigenvalue weighted by atomic mass is 16.5. The maximum Gasteiger partial charge on any atom is 0.338 e. The molecule has 0 aliphatic rings. The molecule has 0 fully saturated rings. The van der Waals surface area contributed by atoms with E-state index in [1.807, 2.05) is 0 Å². The fourth-order valence-corrected chi connectivity index (χ4v) is 2.19. The summed E-state index contributed by atoms with van der Waals surface area (Å²) in [6.07, 6.45) is 5.39. The molecule has 0 amide bonds. The number of rotatable bonds is 13. The molecular weight excluding hydrogens is 272 g/mol. The monoisotopic (exact) mass is 302 g/mol. The average molecular weight is 302 g/mol. The van der Waals surface area contributed by atoms with Crippen LogP contribution in [0.4, 0.5) is 0 Å². The normalized spacial score (nSPS) is 13.7. The number of likely N-dealkylation sites (N-methyl/N-ethyl adjacent to an activating group) is 1. The molecule has 0 aromatic rings.